The van der Waals surface area contributed by atoms with Crippen molar-refractivity contribution in [3.63, 3.8) is 0 Å². The first kappa shape index (κ1) is 19.7. The minimum atomic E-state index is -0.146. The topological polar surface area (TPSA) is 52.8 Å². The van der Waals surface area contributed by atoms with E-state index in [4.69, 9.17) is 15.9 Å². The first-order valence-electron chi connectivity index (χ1n) is 8.96. The third-order valence-corrected chi connectivity index (χ3v) is 5.40. The van der Waals surface area contributed by atoms with Crippen LogP contribution in [-0.4, -0.2) is 24.7 Å². The fourth-order valence-corrected chi connectivity index (χ4v) is 4.03. The molecule has 0 fully saturated rings. The number of hydrogen-bond donors (Lipinski definition) is 0. The lowest BCUT2D eigenvalue weighted by molar-refractivity contribution is -0.118. The van der Waals surface area contributed by atoms with Gasteiger partial charge in [-0.25, -0.2) is 0 Å². The van der Waals surface area contributed by atoms with E-state index in [-0.39, 0.29) is 5.91 Å². The van der Waals surface area contributed by atoms with Crippen LogP contribution in [0.3, 0.4) is 0 Å². The Morgan fingerprint density at radius 2 is 1.89 bits per heavy atom. The summed E-state index contributed by atoms with van der Waals surface area (Å²) in [4.78, 5) is 17.3. The Hall–Kier alpha value is -3.04. The Morgan fingerprint density at radius 1 is 1.18 bits per heavy atom. The van der Waals surface area contributed by atoms with Gasteiger partial charge in [0.05, 0.1) is 31.0 Å². The number of fused-ring (bicyclic) bond motifs is 1. The number of rotatable bonds is 7. The zero-order chi connectivity index (χ0) is 19.9. The van der Waals surface area contributed by atoms with E-state index >= 15 is 0 Å². The summed E-state index contributed by atoms with van der Waals surface area (Å²) in [6, 6.07) is 13.9. The zero-order valence-corrected chi connectivity index (χ0v) is 16.8. The third-order valence-electron chi connectivity index (χ3n) is 4.36. The average Bonchev–Trinajstić information content (AvgIpc) is 3.04. The lowest BCUT2D eigenvalue weighted by Crippen LogP contribution is -2.16. The second-order valence-electron chi connectivity index (χ2n) is 6.19. The van der Waals surface area contributed by atoms with Crippen molar-refractivity contribution in [2.45, 2.75) is 25.8 Å². The van der Waals surface area contributed by atoms with Crippen molar-refractivity contribution in [2.24, 2.45) is 4.99 Å². The number of carbonyl (C=O) groups is 1. The number of nitrogens with zero attached hydrogens (tertiary/aromatic N) is 2. The molecule has 0 bridgehead atoms. The van der Waals surface area contributed by atoms with E-state index < -0.39 is 0 Å². The maximum atomic E-state index is 12.4. The van der Waals surface area contributed by atoms with Crippen molar-refractivity contribution < 1.29 is 14.3 Å². The Morgan fingerprint density at radius 3 is 2.57 bits per heavy atom. The highest BCUT2D eigenvalue weighted by Crippen LogP contribution is 2.33. The van der Waals surface area contributed by atoms with E-state index in [0.717, 1.165) is 23.1 Å². The number of ether oxygens (including phenoxy) is 2. The van der Waals surface area contributed by atoms with Gasteiger partial charge in [-0.05, 0) is 18.4 Å². The van der Waals surface area contributed by atoms with Crippen LogP contribution < -0.4 is 14.3 Å². The van der Waals surface area contributed by atoms with Crippen LogP contribution in [0.2, 0.25) is 0 Å². The van der Waals surface area contributed by atoms with Gasteiger partial charge in [0.1, 0.15) is 0 Å². The van der Waals surface area contributed by atoms with Gasteiger partial charge in [-0.15, -0.1) is 6.42 Å². The number of thiazole rings is 1. The van der Waals surface area contributed by atoms with Crippen LogP contribution in [0.5, 0.6) is 11.5 Å². The second-order valence-corrected chi connectivity index (χ2v) is 7.20. The van der Waals surface area contributed by atoms with Crippen molar-refractivity contribution in [3.05, 3.63) is 52.8 Å². The molecule has 1 aromatic heterocycles. The predicted octanol–water partition coefficient (Wildman–Crippen LogP) is 3.80. The van der Waals surface area contributed by atoms with Gasteiger partial charge in [0.2, 0.25) is 5.91 Å². The van der Waals surface area contributed by atoms with E-state index in [0.29, 0.717) is 29.3 Å². The summed E-state index contributed by atoms with van der Waals surface area (Å²) in [6.45, 7) is 0.325. The number of carbonyl (C=O) groups excluding carboxylic acids is 1. The van der Waals surface area contributed by atoms with E-state index in [1.54, 1.807) is 14.2 Å². The average molecular weight is 394 g/mol. The van der Waals surface area contributed by atoms with Crippen LogP contribution >= 0.6 is 11.3 Å². The van der Waals surface area contributed by atoms with E-state index in [1.807, 2.05) is 34.9 Å². The Balaban J connectivity index is 1.86. The third kappa shape index (κ3) is 4.44. The van der Waals surface area contributed by atoms with Gasteiger partial charge in [0.15, 0.2) is 16.3 Å². The zero-order valence-electron chi connectivity index (χ0n) is 16.0. The SMILES string of the molecule is C#CCn1c(=NC(=O)CCCc2ccccc2)sc2cc(OC)c(OC)cc21. The molecule has 3 aromatic rings. The number of terminal acetylenes is 1. The van der Waals surface area contributed by atoms with Gasteiger partial charge in [-0.2, -0.15) is 4.99 Å². The van der Waals surface area contributed by atoms with Crippen LogP contribution in [0.25, 0.3) is 10.2 Å². The van der Waals surface area contributed by atoms with Crippen LogP contribution in [0.15, 0.2) is 47.5 Å². The molecule has 0 aliphatic carbocycles. The van der Waals surface area contributed by atoms with E-state index in [2.05, 4.69) is 23.0 Å². The highest BCUT2D eigenvalue weighted by molar-refractivity contribution is 7.16. The first-order valence-corrected chi connectivity index (χ1v) is 9.78. The molecule has 0 saturated heterocycles. The van der Waals surface area contributed by atoms with Gasteiger partial charge >= 0.3 is 0 Å². The molecule has 28 heavy (non-hydrogen) atoms. The van der Waals surface area contributed by atoms with Crippen molar-refractivity contribution in [1.82, 2.24) is 4.57 Å². The first-order chi connectivity index (χ1) is 13.7. The van der Waals surface area contributed by atoms with Gasteiger partial charge in [0, 0.05) is 18.6 Å². The monoisotopic (exact) mass is 394 g/mol. The number of methoxy groups -OCH3 is 2. The molecule has 1 heterocycles. The highest BCUT2D eigenvalue weighted by atomic mass is 32.1. The molecule has 3 rings (SSSR count). The second kappa shape index (κ2) is 9.25. The van der Waals surface area contributed by atoms with Gasteiger partial charge in [0.25, 0.3) is 0 Å². The van der Waals surface area contributed by atoms with Crippen molar-refractivity contribution in [3.8, 4) is 23.8 Å². The molecular weight excluding hydrogens is 372 g/mol. The molecule has 5 nitrogen and oxygen atoms in total. The number of aromatic nitrogens is 1. The maximum Gasteiger partial charge on any atom is 0.248 e. The molecule has 0 atom stereocenters. The number of amides is 1. The largest absolute Gasteiger partial charge is 0.493 e. The molecule has 144 valence electrons. The summed E-state index contributed by atoms with van der Waals surface area (Å²) >= 11 is 1.42. The Bertz CT molecular complexity index is 1070. The summed E-state index contributed by atoms with van der Waals surface area (Å²) in [6.07, 6.45) is 7.54. The summed E-state index contributed by atoms with van der Waals surface area (Å²) < 4.78 is 13.5. The molecule has 6 heteroatoms. The molecule has 0 N–H and O–H groups in total. The summed E-state index contributed by atoms with van der Waals surface area (Å²) in [5, 5.41) is 0. The summed E-state index contributed by atoms with van der Waals surface area (Å²) in [7, 11) is 3.18. The molecule has 0 spiro atoms. The van der Waals surface area contributed by atoms with Crippen molar-refractivity contribution in [1.29, 1.82) is 0 Å². The van der Waals surface area contributed by atoms with E-state index in [9.17, 15) is 4.79 Å². The highest BCUT2D eigenvalue weighted by Gasteiger charge is 2.13. The van der Waals surface area contributed by atoms with Crippen molar-refractivity contribution >= 4 is 27.5 Å². The quantitative estimate of drug-likeness (QED) is 0.573. The normalized spacial score (nSPS) is 11.4. The van der Waals surface area contributed by atoms with Crippen molar-refractivity contribution in [2.75, 3.05) is 14.2 Å². The molecule has 0 aliphatic rings. The van der Waals surface area contributed by atoms with Gasteiger partial charge in [-0.3, -0.25) is 4.79 Å². The van der Waals surface area contributed by atoms with Crippen LogP contribution in [-0.2, 0) is 17.8 Å². The Kier molecular flexibility index (Phi) is 6.51. The molecule has 0 unspecified atom stereocenters. The van der Waals surface area contributed by atoms with E-state index in [1.165, 1.54) is 16.9 Å². The maximum absolute atomic E-state index is 12.4. The molecule has 2 aromatic carbocycles. The Labute approximate surface area is 168 Å². The molecule has 0 radical (unpaired) electrons. The molecular formula is C22H22N2O3S. The molecule has 0 saturated carbocycles. The standard InChI is InChI=1S/C22H22N2O3S/c1-4-13-24-17-14-18(26-2)19(27-3)15-20(17)28-22(24)23-21(25)12-8-11-16-9-6-5-7-10-16/h1,5-7,9-10,14-15H,8,11-13H2,2-3H3. The van der Waals surface area contributed by atoms with Crippen LogP contribution in [0.4, 0.5) is 0 Å². The number of aryl methyl sites for hydroxylation is 1. The van der Waals surface area contributed by atoms with Gasteiger partial charge < -0.3 is 14.0 Å². The minimum absolute atomic E-state index is 0.146. The number of hydrogen-bond acceptors (Lipinski definition) is 4. The predicted molar refractivity (Wildman–Crippen MR) is 112 cm³/mol. The number of benzene rings is 2. The molecule has 0 aliphatic heterocycles. The van der Waals surface area contributed by atoms with Crippen LogP contribution in [0, 0.1) is 12.3 Å². The molecule has 1 amide bonds. The fraction of sp³-hybridized carbons (Fsp3) is 0.273. The fourth-order valence-electron chi connectivity index (χ4n) is 2.98. The smallest absolute Gasteiger partial charge is 0.248 e. The lowest BCUT2D eigenvalue weighted by Gasteiger charge is -2.08. The lowest BCUT2D eigenvalue weighted by atomic mass is 10.1. The summed E-state index contributed by atoms with van der Waals surface area (Å²) in [5.74, 6) is 3.73. The van der Waals surface area contributed by atoms with Gasteiger partial charge in [-0.1, -0.05) is 47.6 Å². The summed E-state index contributed by atoms with van der Waals surface area (Å²) in [5.41, 5.74) is 2.09. The minimum Gasteiger partial charge on any atom is -0.493 e. The van der Waals surface area contributed by atoms with Crippen LogP contribution in [0.1, 0.15) is 18.4 Å².